The molecule has 1 N–H and O–H groups in total. The van der Waals surface area contributed by atoms with Gasteiger partial charge in [-0.05, 0) is 18.4 Å². The molecule has 0 saturated carbocycles. The normalized spacial score (nSPS) is 14.2. The number of rotatable bonds is 10. The molecule has 3 amide bonds. The Labute approximate surface area is 142 Å². The smallest absolute Gasteiger partial charge is 0.229 e. The highest BCUT2D eigenvalue weighted by atomic mass is 16.5. The zero-order valence-corrected chi connectivity index (χ0v) is 13.8. The van der Waals surface area contributed by atoms with Crippen molar-refractivity contribution in [1.82, 2.24) is 10.2 Å². The fourth-order valence-electron chi connectivity index (χ4n) is 2.58. The number of aryl methyl sites for hydroxylation is 1. The molecule has 0 aliphatic carbocycles. The molecule has 1 aromatic rings. The Morgan fingerprint density at radius 2 is 1.79 bits per heavy atom. The summed E-state index contributed by atoms with van der Waals surface area (Å²) >= 11 is 0. The lowest BCUT2D eigenvalue weighted by Gasteiger charge is -2.13. The van der Waals surface area contributed by atoms with Gasteiger partial charge in [-0.2, -0.15) is 0 Å². The average Bonchev–Trinajstić information content (AvgIpc) is 2.90. The lowest BCUT2D eigenvalue weighted by atomic mass is 10.1. The monoisotopic (exact) mass is 332 g/mol. The first-order valence-corrected chi connectivity index (χ1v) is 8.38. The SMILES string of the molecule is O=C(CCCc1ccccc1)NCCOCCN1C(=O)CCC1=O. The minimum absolute atomic E-state index is 0.0134. The van der Waals surface area contributed by atoms with Crippen LogP contribution in [0.3, 0.4) is 0 Å². The van der Waals surface area contributed by atoms with E-state index in [2.05, 4.69) is 17.4 Å². The third kappa shape index (κ3) is 6.12. The average molecular weight is 332 g/mol. The van der Waals surface area contributed by atoms with Gasteiger partial charge in [0.25, 0.3) is 0 Å². The maximum atomic E-state index is 11.7. The number of nitrogens with zero attached hydrogens (tertiary/aromatic N) is 1. The molecule has 0 aromatic heterocycles. The molecule has 1 saturated heterocycles. The number of carbonyl (C=O) groups is 3. The summed E-state index contributed by atoms with van der Waals surface area (Å²) in [6, 6.07) is 10.1. The Morgan fingerprint density at radius 3 is 2.50 bits per heavy atom. The molecule has 0 radical (unpaired) electrons. The molecule has 0 bridgehead atoms. The van der Waals surface area contributed by atoms with Crippen molar-refractivity contribution in [3.8, 4) is 0 Å². The summed E-state index contributed by atoms with van der Waals surface area (Å²) < 4.78 is 5.36. The summed E-state index contributed by atoms with van der Waals surface area (Å²) in [5.74, 6) is -0.245. The molecule has 1 fully saturated rings. The van der Waals surface area contributed by atoms with Gasteiger partial charge in [0.2, 0.25) is 17.7 Å². The number of nitrogens with one attached hydrogen (secondary N) is 1. The van der Waals surface area contributed by atoms with Crippen LogP contribution in [-0.4, -0.2) is 48.9 Å². The highest BCUT2D eigenvalue weighted by Crippen LogP contribution is 2.10. The molecule has 0 spiro atoms. The highest BCUT2D eigenvalue weighted by Gasteiger charge is 2.28. The van der Waals surface area contributed by atoms with Crippen LogP contribution in [0.25, 0.3) is 0 Å². The number of likely N-dealkylation sites (tertiary alicyclic amines) is 1. The van der Waals surface area contributed by atoms with E-state index in [1.807, 2.05) is 18.2 Å². The van der Waals surface area contributed by atoms with Gasteiger partial charge >= 0.3 is 0 Å². The number of carbonyl (C=O) groups excluding carboxylic acids is 3. The summed E-state index contributed by atoms with van der Waals surface area (Å²) in [5, 5.41) is 2.80. The van der Waals surface area contributed by atoms with Crippen LogP contribution in [0.5, 0.6) is 0 Å². The van der Waals surface area contributed by atoms with Gasteiger partial charge in [-0.15, -0.1) is 0 Å². The molecule has 0 unspecified atom stereocenters. The number of imide groups is 1. The van der Waals surface area contributed by atoms with Gasteiger partial charge in [-0.3, -0.25) is 19.3 Å². The van der Waals surface area contributed by atoms with Crippen molar-refractivity contribution in [2.45, 2.75) is 32.1 Å². The van der Waals surface area contributed by atoms with Crippen LogP contribution < -0.4 is 5.32 Å². The number of ether oxygens (including phenoxy) is 1. The zero-order chi connectivity index (χ0) is 17.2. The van der Waals surface area contributed by atoms with Crippen molar-refractivity contribution in [3.05, 3.63) is 35.9 Å². The van der Waals surface area contributed by atoms with Crippen LogP contribution in [0.4, 0.5) is 0 Å². The predicted molar refractivity (Wildman–Crippen MR) is 89.2 cm³/mol. The van der Waals surface area contributed by atoms with Crippen molar-refractivity contribution in [2.24, 2.45) is 0 Å². The molecule has 1 aliphatic heterocycles. The first-order valence-electron chi connectivity index (χ1n) is 8.38. The Balaban J connectivity index is 1.46. The zero-order valence-electron chi connectivity index (χ0n) is 13.8. The van der Waals surface area contributed by atoms with Crippen LogP contribution in [0.15, 0.2) is 30.3 Å². The van der Waals surface area contributed by atoms with Gasteiger partial charge in [0.05, 0.1) is 19.8 Å². The fourth-order valence-corrected chi connectivity index (χ4v) is 2.58. The van der Waals surface area contributed by atoms with Crippen molar-refractivity contribution in [2.75, 3.05) is 26.3 Å². The Kier molecular flexibility index (Phi) is 7.42. The summed E-state index contributed by atoms with van der Waals surface area (Å²) in [5.41, 5.74) is 1.24. The number of benzene rings is 1. The third-order valence-corrected chi connectivity index (χ3v) is 3.89. The lowest BCUT2D eigenvalue weighted by Crippen LogP contribution is -2.33. The molecule has 1 heterocycles. The highest BCUT2D eigenvalue weighted by molar-refractivity contribution is 6.01. The quantitative estimate of drug-likeness (QED) is 0.517. The van der Waals surface area contributed by atoms with Gasteiger partial charge in [-0.1, -0.05) is 30.3 Å². The molecule has 130 valence electrons. The molecular formula is C18H24N2O4. The molecule has 24 heavy (non-hydrogen) atoms. The minimum atomic E-state index is -0.129. The van der Waals surface area contributed by atoms with Crippen LogP contribution in [0, 0.1) is 0 Å². The van der Waals surface area contributed by atoms with E-state index in [1.165, 1.54) is 10.5 Å². The van der Waals surface area contributed by atoms with Crippen LogP contribution in [-0.2, 0) is 25.5 Å². The van der Waals surface area contributed by atoms with Gasteiger partial charge in [0, 0.05) is 25.8 Å². The van der Waals surface area contributed by atoms with E-state index in [0.29, 0.717) is 45.6 Å². The second kappa shape index (κ2) is 9.82. The lowest BCUT2D eigenvalue weighted by molar-refractivity contribution is -0.139. The van der Waals surface area contributed by atoms with Gasteiger partial charge in [0.1, 0.15) is 0 Å². The maximum Gasteiger partial charge on any atom is 0.229 e. The second-order valence-corrected chi connectivity index (χ2v) is 5.74. The van der Waals surface area contributed by atoms with Crippen molar-refractivity contribution in [3.63, 3.8) is 0 Å². The van der Waals surface area contributed by atoms with E-state index in [1.54, 1.807) is 0 Å². The molecule has 1 aromatic carbocycles. The van der Waals surface area contributed by atoms with Crippen LogP contribution >= 0.6 is 0 Å². The standard InChI is InChI=1S/C18H24N2O4/c21-16(8-4-7-15-5-2-1-3-6-15)19-11-13-24-14-12-20-17(22)9-10-18(20)23/h1-3,5-6H,4,7-14H2,(H,19,21). The topological polar surface area (TPSA) is 75.7 Å². The van der Waals surface area contributed by atoms with Gasteiger partial charge in [0.15, 0.2) is 0 Å². The van der Waals surface area contributed by atoms with Crippen LogP contribution in [0.2, 0.25) is 0 Å². The first-order chi connectivity index (χ1) is 11.7. The van der Waals surface area contributed by atoms with Gasteiger partial charge < -0.3 is 10.1 Å². The number of hydrogen-bond donors (Lipinski definition) is 1. The van der Waals surface area contributed by atoms with Crippen molar-refractivity contribution < 1.29 is 19.1 Å². The third-order valence-electron chi connectivity index (χ3n) is 3.89. The largest absolute Gasteiger partial charge is 0.378 e. The molecular weight excluding hydrogens is 308 g/mol. The summed E-state index contributed by atoms with van der Waals surface area (Å²) in [4.78, 5) is 35.7. The Morgan fingerprint density at radius 1 is 1.08 bits per heavy atom. The van der Waals surface area contributed by atoms with E-state index in [-0.39, 0.29) is 17.7 Å². The van der Waals surface area contributed by atoms with E-state index in [4.69, 9.17) is 4.74 Å². The van der Waals surface area contributed by atoms with E-state index in [9.17, 15) is 14.4 Å². The molecule has 0 atom stereocenters. The Bertz CT molecular complexity index is 543. The van der Waals surface area contributed by atoms with Crippen LogP contribution in [0.1, 0.15) is 31.2 Å². The van der Waals surface area contributed by atoms with Gasteiger partial charge in [-0.25, -0.2) is 0 Å². The van der Waals surface area contributed by atoms with Crippen molar-refractivity contribution in [1.29, 1.82) is 0 Å². The van der Waals surface area contributed by atoms with E-state index < -0.39 is 0 Å². The molecule has 2 rings (SSSR count). The summed E-state index contributed by atoms with van der Waals surface area (Å²) in [7, 11) is 0. The Hall–Kier alpha value is -2.21. The molecule has 6 nitrogen and oxygen atoms in total. The number of hydrogen-bond acceptors (Lipinski definition) is 4. The summed E-state index contributed by atoms with van der Waals surface area (Å²) in [6.07, 6.45) is 2.81. The predicted octanol–water partition coefficient (Wildman–Crippen LogP) is 1.29. The van der Waals surface area contributed by atoms with Crippen molar-refractivity contribution >= 4 is 17.7 Å². The maximum absolute atomic E-state index is 11.7. The summed E-state index contributed by atoms with van der Waals surface area (Å²) in [6.45, 7) is 1.41. The molecule has 6 heteroatoms. The first kappa shape index (κ1) is 18.1. The second-order valence-electron chi connectivity index (χ2n) is 5.74. The van der Waals surface area contributed by atoms with E-state index in [0.717, 1.165) is 12.8 Å². The van der Waals surface area contributed by atoms with E-state index >= 15 is 0 Å². The number of amides is 3. The minimum Gasteiger partial charge on any atom is -0.378 e. The fraction of sp³-hybridized carbons (Fsp3) is 0.500. The molecule has 1 aliphatic rings.